The van der Waals surface area contributed by atoms with Crippen LogP contribution in [-0.4, -0.2) is 22.2 Å². The summed E-state index contributed by atoms with van der Waals surface area (Å²) in [6.07, 6.45) is 0. The van der Waals surface area contributed by atoms with Gasteiger partial charge >= 0.3 is 11.9 Å². The van der Waals surface area contributed by atoms with Crippen LogP contribution in [-0.2, 0) is 5.33 Å². The molecule has 0 saturated heterocycles. The van der Waals surface area contributed by atoms with E-state index in [2.05, 4.69) is 15.9 Å². The average Bonchev–Trinajstić information content (AvgIpc) is 2.16. The Hall–Kier alpha value is -1.36. The van der Waals surface area contributed by atoms with Crippen LogP contribution < -0.4 is 0 Å². The van der Waals surface area contributed by atoms with Gasteiger partial charge in [0, 0.05) is 5.33 Å². The molecule has 0 aromatic heterocycles. The summed E-state index contributed by atoms with van der Waals surface area (Å²) in [5.74, 6) is -2.44. The first-order valence-corrected chi connectivity index (χ1v) is 5.26. The second-order valence-electron chi connectivity index (χ2n) is 3.03. The van der Waals surface area contributed by atoms with Crippen molar-refractivity contribution in [3.63, 3.8) is 0 Å². The summed E-state index contributed by atoms with van der Waals surface area (Å²) in [7, 11) is 0. The lowest BCUT2D eigenvalue weighted by atomic mass is 9.98. The van der Waals surface area contributed by atoms with Gasteiger partial charge in [0.15, 0.2) is 0 Å². The largest absolute Gasteiger partial charge is 0.478 e. The van der Waals surface area contributed by atoms with Gasteiger partial charge in [-0.25, -0.2) is 9.59 Å². The zero-order valence-electron chi connectivity index (χ0n) is 7.95. The van der Waals surface area contributed by atoms with E-state index in [1.807, 2.05) is 0 Å². The fourth-order valence-corrected chi connectivity index (χ4v) is 2.07. The maximum atomic E-state index is 11.0. The van der Waals surface area contributed by atoms with Gasteiger partial charge in [-0.05, 0) is 24.1 Å². The van der Waals surface area contributed by atoms with E-state index in [0.717, 1.165) is 5.56 Å². The quantitative estimate of drug-likeness (QED) is 0.828. The van der Waals surface area contributed by atoms with Gasteiger partial charge in [0.2, 0.25) is 0 Å². The lowest BCUT2D eigenvalue weighted by Gasteiger charge is -2.09. The minimum Gasteiger partial charge on any atom is -0.478 e. The molecule has 5 heteroatoms. The van der Waals surface area contributed by atoms with Crippen LogP contribution in [0.4, 0.5) is 0 Å². The van der Waals surface area contributed by atoms with Gasteiger partial charge in [-0.1, -0.05) is 22.0 Å². The molecule has 0 aliphatic carbocycles. The minimum absolute atomic E-state index is 0.139. The van der Waals surface area contributed by atoms with Crippen LogP contribution in [0.3, 0.4) is 0 Å². The number of rotatable bonds is 3. The topological polar surface area (TPSA) is 74.6 Å². The Kier molecular flexibility index (Phi) is 3.47. The van der Waals surface area contributed by atoms with Crippen molar-refractivity contribution in [3.05, 3.63) is 34.4 Å². The van der Waals surface area contributed by atoms with Crippen LogP contribution in [0.15, 0.2) is 12.1 Å². The monoisotopic (exact) mass is 272 g/mol. The molecule has 2 N–H and O–H groups in total. The lowest BCUT2D eigenvalue weighted by molar-refractivity contribution is 0.0650. The standard InChI is InChI=1S/C10H9BrO4/c1-5-2-3-6(9(12)13)8(10(14)15)7(5)4-11/h2-3H,4H2,1H3,(H,12,13)(H,14,15). The van der Waals surface area contributed by atoms with Crippen molar-refractivity contribution in [2.75, 3.05) is 0 Å². The number of carboxylic acids is 2. The molecular formula is C10H9BrO4. The third-order valence-corrected chi connectivity index (χ3v) is 2.69. The summed E-state index contributed by atoms with van der Waals surface area (Å²) in [6.45, 7) is 1.74. The van der Waals surface area contributed by atoms with E-state index in [0.29, 0.717) is 10.9 Å². The van der Waals surface area contributed by atoms with Crippen molar-refractivity contribution in [1.82, 2.24) is 0 Å². The summed E-state index contributed by atoms with van der Waals surface area (Å²) >= 11 is 3.15. The molecule has 1 rings (SSSR count). The van der Waals surface area contributed by atoms with E-state index < -0.39 is 11.9 Å². The van der Waals surface area contributed by atoms with E-state index in [4.69, 9.17) is 10.2 Å². The molecule has 0 heterocycles. The molecule has 0 aliphatic heterocycles. The first-order chi connectivity index (χ1) is 6.99. The summed E-state index contributed by atoms with van der Waals surface area (Å²) in [4.78, 5) is 21.8. The summed E-state index contributed by atoms with van der Waals surface area (Å²) in [5.41, 5.74) is 0.943. The third-order valence-electron chi connectivity index (χ3n) is 2.13. The van der Waals surface area contributed by atoms with E-state index in [1.165, 1.54) is 6.07 Å². The first-order valence-electron chi connectivity index (χ1n) is 4.14. The molecule has 4 nitrogen and oxygen atoms in total. The fourth-order valence-electron chi connectivity index (χ4n) is 1.35. The molecule has 0 saturated carbocycles. The van der Waals surface area contributed by atoms with E-state index in [9.17, 15) is 9.59 Å². The van der Waals surface area contributed by atoms with Crippen LogP contribution in [0.2, 0.25) is 0 Å². The van der Waals surface area contributed by atoms with Crippen molar-refractivity contribution in [2.45, 2.75) is 12.3 Å². The van der Waals surface area contributed by atoms with Gasteiger partial charge in [0.1, 0.15) is 0 Å². The van der Waals surface area contributed by atoms with Crippen molar-refractivity contribution in [1.29, 1.82) is 0 Å². The highest BCUT2D eigenvalue weighted by Gasteiger charge is 2.20. The molecular weight excluding hydrogens is 264 g/mol. The molecule has 0 aliphatic rings. The molecule has 1 aromatic rings. The second-order valence-corrected chi connectivity index (χ2v) is 3.59. The highest BCUT2D eigenvalue weighted by molar-refractivity contribution is 9.08. The van der Waals surface area contributed by atoms with E-state index >= 15 is 0 Å². The normalized spacial score (nSPS) is 10.0. The molecule has 80 valence electrons. The lowest BCUT2D eigenvalue weighted by Crippen LogP contribution is -2.12. The SMILES string of the molecule is Cc1ccc(C(=O)O)c(C(=O)O)c1CBr. The number of carbonyl (C=O) groups is 2. The Labute approximate surface area is 94.7 Å². The maximum Gasteiger partial charge on any atom is 0.336 e. The van der Waals surface area contributed by atoms with Gasteiger partial charge in [-0.3, -0.25) is 0 Å². The number of aryl methyl sites for hydroxylation is 1. The molecule has 0 atom stereocenters. The fraction of sp³-hybridized carbons (Fsp3) is 0.200. The van der Waals surface area contributed by atoms with Gasteiger partial charge in [-0.15, -0.1) is 0 Å². The Morgan fingerprint density at radius 3 is 2.27 bits per heavy atom. The molecule has 15 heavy (non-hydrogen) atoms. The third kappa shape index (κ3) is 2.18. The van der Waals surface area contributed by atoms with Crippen molar-refractivity contribution in [2.24, 2.45) is 0 Å². The highest BCUT2D eigenvalue weighted by atomic mass is 79.9. The minimum atomic E-state index is -1.23. The summed E-state index contributed by atoms with van der Waals surface area (Å²) in [5, 5.41) is 18.1. The number of carboxylic acid groups (broad SMARTS) is 2. The number of hydrogen-bond acceptors (Lipinski definition) is 2. The zero-order chi connectivity index (χ0) is 11.6. The maximum absolute atomic E-state index is 11.0. The smallest absolute Gasteiger partial charge is 0.336 e. The molecule has 0 spiro atoms. The van der Waals surface area contributed by atoms with Gasteiger partial charge < -0.3 is 10.2 Å². The summed E-state index contributed by atoms with van der Waals surface area (Å²) < 4.78 is 0. The Morgan fingerprint density at radius 2 is 1.87 bits per heavy atom. The summed E-state index contributed by atoms with van der Waals surface area (Å²) in [6, 6.07) is 2.92. The molecule has 0 amide bonds. The Morgan fingerprint density at radius 1 is 1.27 bits per heavy atom. The first kappa shape index (κ1) is 11.7. The van der Waals surface area contributed by atoms with Crippen molar-refractivity contribution < 1.29 is 19.8 Å². The second kappa shape index (κ2) is 4.44. The molecule has 0 fully saturated rings. The van der Waals surface area contributed by atoms with E-state index in [1.54, 1.807) is 13.0 Å². The van der Waals surface area contributed by atoms with Crippen molar-refractivity contribution in [3.8, 4) is 0 Å². The van der Waals surface area contributed by atoms with Crippen LogP contribution in [0.1, 0.15) is 31.8 Å². The van der Waals surface area contributed by atoms with Crippen LogP contribution in [0.25, 0.3) is 0 Å². The highest BCUT2D eigenvalue weighted by Crippen LogP contribution is 2.21. The Bertz CT molecular complexity index is 426. The molecule has 1 aromatic carbocycles. The number of alkyl halides is 1. The zero-order valence-corrected chi connectivity index (χ0v) is 9.54. The molecule has 0 unspecified atom stereocenters. The van der Waals surface area contributed by atoms with Gasteiger partial charge in [0.05, 0.1) is 11.1 Å². The molecule has 0 bridgehead atoms. The van der Waals surface area contributed by atoms with Gasteiger partial charge in [-0.2, -0.15) is 0 Å². The Balaban J connectivity index is 3.56. The van der Waals surface area contributed by atoms with Gasteiger partial charge in [0.25, 0.3) is 0 Å². The number of aromatic carboxylic acids is 2. The number of hydrogen-bond donors (Lipinski definition) is 2. The number of benzene rings is 1. The predicted molar refractivity (Wildman–Crippen MR) is 57.7 cm³/mol. The molecule has 0 radical (unpaired) electrons. The van der Waals surface area contributed by atoms with Crippen molar-refractivity contribution >= 4 is 27.9 Å². The van der Waals surface area contributed by atoms with Crippen LogP contribution in [0.5, 0.6) is 0 Å². The number of halogens is 1. The van der Waals surface area contributed by atoms with Crippen LogP contribution >= 0.6 is 15.9 Å². The van der Waals surface area contributed by atoms with Crippen LogP contribution in [0, 0.1) is 6.92 Å². The average molecular weight is 273 g/mol. The predicted octanol–water partition coefficient (Wildman–Crippen LogP) is 2.29. The van der Waals surface area contributed by atoms with E-state index in [-0.39, 0.29) is 11.1 Å².